The number of rotatable bonds is 6. The molecular weight excluding hydrogens is 484 g/mol. The Hall–Kier alpha value is -2.69. The van der Waals surface area contributed by atoms with Gasteiger partial charge in [0.05, 0.1) is 30.3 Å². The van der Waals surface area contributed by atoms with Gasteiger partial charge in [-0.3, -0.25) is 19.0 Å². The molecule has 10 heteroatoms. The number of hydrogen-bond acceptors (Lipinski definition) is 7. The van der Waals surface area contributed by atoms with Crippen LogP contribution >= 0.6 is 23.1 Å². The number of hydrogen-bond donors (Lipinski definition) is 1. The lowest BCUT2D eigenvalue weighted by Crippen LogP contribution is -2.34. The highest BCUT2D eigenvalue weighted by atomic mass is 32.2. The normalized spacial score (nSPS) is 17.5. The molecule has 0 unspecified atom stereocenters. The van der Waals surface area contributed by atoms with E-state index >= 15 is 0 Å². The van der Waals surface area contributed by atoms with Crippen molar-refractivity contribution in [3.05, 3.63) is 50.6 Å². The SMILES string of the molecule is CC(=O)N1CCc2c(sc3nc(SCC(=O)Nc4ccc(C)cc4)n(C[C@@H]4CCCO4)c(=O)c23)C1. The van der Waals surface area contributed by atoms with Crippen LogP contribution in [0.5, 0.6) is 0 Å². The quantitative estimate of drug-likeness (QED) is 0.401. The van der Waals surface area contributed by atoms with E-state index in [1.165, 1.54) is 23.1 Å². The van der Waals surface area contributed by atoms with Gasteiger partial charge in [0.1, 0.15) is 4.83 Å². The van der Waals surface area contributed by atoms with Crippen LogP contribution in [-0.2, 0) is 33.8 Å². The molecule has 0 saturated carbocycles. The number of carbonyl (C=O) groups is 2. The number of nitrogens with zero attached hydrogens (tertiary/aromatic N) is 3. The fourth-order valence-corrected chi connectivity index (χ4v) is 6.64. The Bertz CT molecular complexity index is 1330. The summed E-state index contributed by atoms with van der Waals surface area (Å²) in [6, 6.07) is 7.64. The van der Waals surface area contributed by atoms with E-state index < -0.39 is 0 Å². The summed E-state index contributed by atoms with van der Waals surface area (Å²) in [6.07, 6.45) is 2.50. The lowest BCUT2D eigenvalue weighted by atomic mass is 10.1. The Kier molecular flexibility index (Phi) is 6.95. The highest BCUT2D eigenvalue weighted by Gasteiger charge is 2.27. The highest BCUT2D eigenvalue weighted by Crippen LogP contribution is 2.34. The summed E-state index contributed by atoms with van der Waals surface area (Å²) in [5.41, 5.74) is 2.79. The van der Waals surface area contributed by atoms with E-state index in [4.69, 9.17) is 9.72 Å². The number of aromatic nitrogens is 2. The van der Waals surface area contributed by atoms with Crippen LogP contribution in [0.25, 0.3) is 10.2 Å². The molecule has 1 fully saturated rings. The van der Waals surface area contributed by atoms with Gasteiger partial charge in [-0.2, -0.15) is 0 Å². The average molecular weight is 513 g/mol. The summed E-state index contributed by atoms with van der Waals surface area (Å²) < 4.78 is 7.50. The molecule has 1 N–H and O–H groups in total. The van der Waals surface area contributed by atoms with Gasteiger partial charge in [0.15, 0.2) is 5.16 Å². The molecule has 2 aliphatic rings. The largest absolute Gasteiger partial charge is 0.376 e. The minimum absolute atomic E-state index is 0.0321. The van der Waals surface area contributed by atoms with Crippen molar-refractivity contribution in [2.75, 3.05) is 24.2 Å². The number of ether oxygens (including phenoxy) is 1. The summed E-state index contributed by atoms with van der Waals surface area (Å²) >= 11 is 2.74. The molecule has 5 rings (SSSR count). The van der Waals surface area contributed by atoms with E-state index in [-0.39, 0.29) is 29.2 Å². The van der Waals surface area contributed by atoms with E-state index in [1.807, 2.05) is 31.2 Å². The van der Waals surface area contributed by atoms with Gasteiger partial charge in [-0.1, -0.05) is 29.5 Å². The summed E-state index contributed by atoms with van der Waals surface area (Å²) in [5.74, 6) is 0.0210. The molecule has 2 amide bonds. The zero-order valence-electron chi connectivity index (χ0n) is 19.8. The van der Waals surface area contributed by atoms with Gasteiger partial charge < -0.3 is 15.0 Å². The maximum absolute atomic E-state index is 13.7. The number of nitrogens with one attached hydrogen (secondary N) is 1. The van der Waals surface area contributed by atoms with Gasteiger partial charge in [0, 0.05) is 30.6 Å². The number of benzene rings is 1. The molecular formula is C25H28N4O4S2. The molecule has 0 bridgehead atoms. The molecule has 1 atom stereocenters. The van der Waals surface area contributed by atoms with Gasteiger partial charge in [0.25, 0.3) is 5.56 Å². The molecule has 8 nitrogen and oxygen atoms in total. The second-order valence-electron chi connectivity index (χ2n) is 9.02. The summed E-state index contributed by atoms with van der Waals surface area (Å²) in [6.45, 7) is 5.81. The minimum atomic E-state index is -0.153. The van der Waals surface area contributed by atoms with Crippen molar-refractivity contribution in [2.24, 2.45) is 0 Å². The minimum Gasteiger partial charge on any atom is -0.376 e. The van der Waals surface area contributed by atoms with Gasteiger partial charge >= 0.3 is 0 Å². The average Bonchev–Trinajstić information content (AvgIpc) is 3.48. The highest BCUT2D eigenvalue weighted by molar-refractivity contribution is 7.99. The van der Waals surface area contributed by atoms with Crippen LogP contribution in [0.2, 0.25) is 0 Å². The maximum atomic E-state index is 13.7. The maximum Gasteiger partial charge on any atom is 0.263 e. The van der Waals surface area contributed by atoms with Crippen molar-refractivity contribution in [3.63, 3.8) is 0 Å². The Morgan fingerprint density at radius 3 is 2.80 bits per heavy atom. The number of fused-ring (bicyclic) bond motifs is 3. The molecule has 2 aromatic heterocycles. The van der Waals surface area contributed by atoms with E-state index in [2.05, 4.69) is 5.32 Å². The Morgan fingerprint density at radius 2 is 2.09 bits per heavy atom. The van der Waals surface area contributed by atoms with E-state index in [9.17, 15) is 14.4 Å². The van der Waals surface area contributed by atoms with Gasteiger partial charge in [-0.05, 0) is 43.9 Å². The van der Waals surface area contributed by atoms with Crippen LogP contribution in [0.4, 0.5) is 5.69 Å². The molecule has 3 aromatic rings. The third kappa shape index (κ3) is 5.14. The van der Waals surface area contributed by atoms with Crippen molar-refractivity contribution in [2.45, 2.75) is 57.5 Å². The fraction of sp³-hybridized carbons (Fsp3) is 0.440. The number of thioether (sulfide) groups is 1. The number of aryl methyl sites for hydroxylation is 1. The molecule has 0 radical (unpaired) electrons. The lowest BCUT2D eigenvalue weighted by molar-refractivity contribution is -0.129. The number of anilines is 1. The monoisotopic (exact) mass is 512 g/mol. The van der Waals surface area contributed by atoms with Crippen molar-refractivity contribution in [3.8, 4) is 0 Å². The van der Waals surface area contributed by atoms with Crippen LogP contribution < -0.4 is 10.9 Å². The van der Waals surface area contributed by atoms with Gasteiger partial charge in [-0.25, -0.2) is 4.98 Å². The zero-order valence-corrected chi connectivity index (χ0v) is 21.5. The smallest absolute Gasteiger partial charge is 0.263 e. The fourth-order valence-electron chi connectivity index (χ4n) is 4.55. The third-order valence-electron chi connectivity index (χ3n) is 6.45. The van der Waals surface area contributed by atoms with Crippen molar-refractivity contribution in [1.82, 2.24) is 14.5 Å². The van der Waals surface area contributed by atoms with Crippen LogP contribution in [0.3, 0.4) is 0 Å². The van der Waals surface area contributed by atoms with Crippen LogP contribution in [0.15, 0.2) is 34.2 Å². The first-order valence-electron chi connectivity index (χ1n) is 11.8. The second kappa shape index (κ2) is 10.1. The van der Waals surface area contributed by atoms with Crippen LogP contribution in [-0.4, -0.2) is 51.3 Å². The Morgan fingerprint density at radius 1 is 1.29 bits per heavy atom. The molecule has 184 valence electrons. The van der Waals surface area contributed by atoms with Crippen molar-refractivity contribution >= 4 is 50.8 Å². The molecule has 35 heavy (non-hydrogen) atoms. The number of thiophene rings is 1. The Balaban J connectivity index is 1.44. The standard InChI is InChI=1S/C25H28N4O4S2/c1-15-5-7-17(8-6-15)26-21(31)14-34-25-27-23-22(24(32)29(25)12-18-4-3-11-33-18)19-9-10-28(16(2)30)13-20(19)35-23/h5-8,18H,3-4,9-14H2,1-2H3,(H,26,31)/t18-/m0/s1. The first kappa shape index (κ1) is 24.0. The molecule has 0 spiro atoms. The molecule has 0 aliphatic carbocycles. The molecule has 4 heterocycles. The summed E-state index contributed by atoms with van der Waals surface area (Å²) in [4.78, 5) is 46.6. The molecule has 1 saturated heterocycles. The first-order chi connectivity index (χ1) is 16.9. The molecule has 2 aliphatic heterocycles. The van der Waals surface area contributed by atoms with Gasteiger partial charge in [0.2, 0.25) is 11.8 Å². The first-order valence-corrected chi connectivity index (χ1v) is 13.6. The van der Waals surface area contributed by atoms with E-state index in [0.717, 1.165) is 34.5 Å². The van der Waals surface area contributed by atoms with Crippen molar-refractivity contribution < 1.29 is 14.3 Å². The topological polar surface area (TPSA) is 93.5 Å². The summed E-state index contributed by atoms with van der Waals surface area (Å²) in [5, 5.41) is 4.08. The summed E-state index contributed by atoms with van der Waals surface area (Å²) in [7, 11) is 0. The lowest BCUT2D eigenvalue weighted by Gasteiger charge is -2.25. The van der Waals surface area contributed by atoms with Crippen molar-refractivity contribution in [1.29, 1.82) is 0 Å². The van der Waals surface area contributed by atoms with Crippen LogP contribution in [0, 0.1) is 6.92 Å². The predicted molar refractivity (Wildman–Crippen MR) is 138 cm³/mol. The molecule has 1 aromatic carbocycles. The zero-order chi connectivity index (χ0) is 24.5. The number of carbonyl (C=O) groups excluding carboxylic acids is 2. The van der Waals surface area contributed by atoms with E-state index in [1.54, 1.807) is 16.4 Å². The van der Waals surface area contributed by atoms with Gasteiger partial charge in [-0.15, -0.1) is 11.3 Å². The van der Waals surface area contributed by atoms with Crippen LogP contribution in [0.1, 0.15) is 35.8 Å². The Labute approximate surface area is 211 Å². The predicted octanol–water partition coefficient (Wildman–Crippen LogP) is 3.58. The third-order valence-corrected chi connectivity index (χ3v) is 8.54. The second-order valence-corrected chi connectivity index (χ2v) is 11.0. The van der Waals surface area contributed by atoms with E-state index in [0.29, 0.717) is 48.0 Å². The number of amides is 2.